The molecule has 7 nitrogen and oxygen atoms in total. The number of carboxylic acids is 1. The Morgan fingerprint density at radius 1 is 1.45 bits per heavy atom. The Kier molecular flexibility index (Phi) is 4.26. The second-order valence-corrected chi connectivity index (χ2v) is 5.26. The van der Waals surface area contributed by atoms with Gasteiger partial charge in [-0.15, -0.1) is 0 Å². The number of rotatable bonds is 5. The molecule has 1 aromatic heterocycles. The smallest absolute Gasteiger partial charge is 0.357 e. The Bertz CT molecular complexity index is 677. The molecule has 1 aromatic carbocycles. The first-order valence-corrected chi connectivity index (χ1v) is 7.28. The average molecular weight is 305 g/mol. The third-order valence-electron chi connectivity index (χ3n) is 3.99. The molecule has 0 radical (unpaired) electrons. The molecule has 2 aromatic rings. The number of aromatic amines is 1. The summed E-state index contributed by atoms with van der Waals surface area (Å²) in [5.74, 6) is -0.433. The summed E-state index contributed by atoms with van der Waals surface area (Å²) in [5, 5.41) is 16.7. The van der Waals surface area contributed by atoms with Crippen molar-refractivity contribution in [3.05, 3.63) is 23.4 Å². The highest BCUT2D eigenvalue weighted by atomic mass is 16.5. The topological polar surface area (TPSA) is 87.7 Å². The summed E-state index contributed by atoms with van der Waals surface area (Å²) in [5.41, 5.74) is 1.65. The fraction of sp³-hybridized carbons (Fsp3) is 0.467. The van der Waals surface area contributed by atoms with Crippen LogP contribution in [0.3, 0.4) is 0 Å². The lowest BCUT2D eigenvalue weighted by Gasteiger charge is -2.26. The van der Waals surface area contributed by atoms with Gasteiger partial charge >= 0.3 is 5.97 Å². The average Bonchev–Trinajstić information content (AvgIpc) is 2.99. The lowest BCUT2D eigenvalue weighted by molar-refractivity contribution is 0.0385. The predicted octanol–water partition coefficient (Wildman–Crippen LogP) is 1.14. The highest BCUT2D eigenvalue weighted by Crippen LogP contribution is 2.29. The molecule has 1 fully saturated rings. The third kappa shape index (κ3) is 2.77. The molecule has 0 bridgehead atoms. The number of hydrogen-bond donors (Lipinski definition) is 2. The molecule has 0 saturated carbocycles. The molecule has 0 spiro atoms. The summed E-state index contributed by atoms with van der Waals surface area (Å²) in [7, 11) is 1.56. The Morgan fingerprint density at radius 2 is 2.23 bits per heavy atom. The fourth-order valence-corrected chi connectivity index (χ4v) is 2.81. The molecule has 22 heavy (non-hydrogen) atoms. The minimum atomic E-state index is -1.04. The molecular formula is C15H19N3O4. The number of carboxylic acid groups (broad SMARTS) is 1. The molecule has 1 saturated heterocycles. The van der Waals surface area contributed by atoms with E-state index in [-0.39, 0.29) is 5.69 Å². The molecule has 1 aliphatic heterocycles. The molecule has 1 aliphatic rings. The minimum absolute atomic E-state index is 0.0471. The maximum Gasteiger partial charge on any atom is 0.357 e. The van der Waals surface area contributed by atoms with Crippen molar-refractivity contribution in [2.24, 2.45) is 0 Å². The number of methoxy groups -OCH3 is 1. The Morgan fingerprint density at radius 3 is 2.91 bits per heavy atom. The number of aromatic carboxylic acids is 1. The Hall–Kier alpha value is -2.12. The standard InChI is InChI=1S/C15H19N3O4/c1-21-11-3-2-10(4-5-18-6-8-22-9-7-18)12-13(11)16-17-14(12)15(19)20/h2-3H,4-9H2,1H3,(H,16,17)(H,19,20). The third-order valence-corrected chi connectivity index (χ3v) is 3.99. The highest BCUT2D eigenvalue weighted by molar-refractivity contribution is 6.04. The summed E-state index contributed by atoms with van der Waals surface area (Å²) in [6.45, 7) is 4.20. The summed E-state index contributed by atoms with van der Waals surface area (Å²) in [4.78, 5) is 13.7. The van der Waals surface area contributed by atoms with E-state index in [2.05, 4.69) is 15.1 Å². The zero-order valence-electron chi connectivity index (χ0n) is 12.5. The number of morpholine rings is 1. The van der Waals surface area contributed by atoms with Crippen LogP contribution in [0.4, 0.5) is 0 Å². The highest BCUT2D eigenvalue weighted by Gasteiger charge is 2.19. The molecule has 118 valence electrons. The van der Waals surface area contributed by atoms with E-state index in [0.29, 0.717) is 16.7 Å². The number of nitrogens with zero attached hydrogens (tertiary/aromatic N) is 2. The van der Waals surface area contributed by atoms with Gasteiger partial charge in [-0.2, -0.15) is 5.10 Å². The molecule has 3 rings (SSSR count). The first-order valence-electron chi connectivity index (χ1n) is 7.28. The largest absolute Gasteiger partial charge is 0.494 e. The molecule has 0 aliphatic carbocycles. The van der Waals surface area contributed by atoms with Crippen LogP contribution in [-0.2, 0) is 11.2 Å². The van der Waals surface area contributed by atoms with Crippen molar-refractivity contribution >= 4 is 16.9 Å². The van der Waals surface area contributed by atoms with Gasteiger partial charge in [0.1, 0.15) is 11.3 Å². The van der Waals surface area contributed by atoms with Crippen LogP contribution in [0, 0.1) is 0 Å². The summed E-state index contributed by atoms with van der Waals surface area (Å²) < 4.78 is 10.6. The van der Waals surface area contributed by atoms with Crippen LogP contribution >= 0.6 is 0 Å². The van der Waals surface area contributed by atoms with Gasteiger partial charge in [0.2, 0.25) is 0 Å². The zero-order chi connectivity index (χ0) is 15.5. The van der Waals surface area contributed by atoms with Crippen LogP contribution in [0.25, 0.3) is 10.9 Å². The second-order valence-electron chi connectivity index (χ2n) is 5.26. The number of nitrogens with one attached hydrogen (secondary N) is 1. The summed E-state index contributed by atoms with van der Waals surface area (Å²) in [6.07, 6.45) is 0.764. The van der Waals surface area contributed by atoms with Gasteiger partial charge in [-0.3, -0.25) is 10.00 Å². The quantitative estimate of drug-likeness (QED) is 0.861. The SMILES string of the molecule is COc1ccc(CCN2CCOCC2)c2c(C(=O)O)n[nH]c12. The van der Waals surface area contributed by atoms with Crippen molar-refractivity contribution < 1.29 is 19.4 Å². The van der Waals surface area contributed by atoms with Gasteiger partial charge in [-0.05, 0) is 18.1 Å². The van der Waals surface area contributed by atoms with E-state index < -0.39 is 5.97 Å². The zero-order valence-corrected chi connectivity index (χ0v) is 12.5. The normalized spacial score (nSPS) is 16.0. The summed E-state index contributed by atoms with van der Waals surface area (Å²) in [6, 6.07) is 3.77. The fourth-order valence-electron chi connectivity index (χ4n) is 2.81. The van der Waals surface area contributed by atoms with Crippen LogP contribution in [-0.4, -0.2) is 66.1 Å². The van der Waals surface area contributed by atoms with E-state index in [9.17, 15) is 9.90 Å². The van der Waals surface area contributed by atoms with Gasteiger partial charge in [0.15, 0.2) is 5.69 Å². The number of hydrogen-bond acceptors (Lipinski definition) is 5. The maximum absolute atomic E-state index is 11.4. The van der Waals surface area contributed by atoms with E-state index in [4.69, 9.17) is 9.47 Å². The van der Waals surface area contributed by atoms with E-state index in [1.165, 1.54) is 0 Å². The number of H-pyrrole nitrogens is 1. The molecule has 2 N–H and O–H groups in total. The first-order chi connectivity index (χ1) is 10.7. The van der Waals surface area contributed by atoms with Crippen molar-refractivity contribution in [3.8, 4) is 5.75 Å². The van der Waals surface area contributed by atoms with E-state index in [0.717, 1.165) is 44.8 Å². The van der Waals surface area contributed by atoms with Gasteiger partial charge in [-0.1, -0.05) is 6.07 Å². The number of fused-ring (bicyclic) bond motifs is 1. The van der Waals surface area contributed by atoms with Gasteiger partial charge in [0.25, 0.3) is 0 Å². The van der Waals surface area contributed by atoms with Crippen molar-refractivity contribution in [2.45, 2.75) is 6.42 Å². The van der Waals surface area contributed by atoms with E-state index in [1.807, 2.05) is 12.1 Å². The summed E-state index contributed by atoms with van der Waals surface area (Å²) >= 11 is 0. The number of ether oxygens (including phenoxy) is 2. The van der Waals surface area contributed by atoms with Gasteiger partial charge in [0.05, 0.1) is 20.3 Å². The van der Waals surface area contributed by atoms with Crippen LogP contribution < -0.4 is 4.74 Å². The molecule has 2 heterocycles. The molecule has 0 atom stereocenters. The Balaban J connectivity index is 1.90. The van der Waals surface area contributed by atoms with Crippen LogP contribution in [0.5, 0.6) is 5.75 Å². The second kappa shape index (κ2) is 6.33. The Labute approximate surface area is 127 Å². The first kappa shape index (κ1) is 14.8. The lowest BCUT2D eigenvalue weighted by atomic mass is 10.0. The minimum Gasteiger partial charge on any atom is -0.494 e. The van der Waals surface area contributed by atoms with E-state index in [1.54, 1.807) is 7.11 Å². The molecule has 0 amide bonds. The lowest BCUT2D eigenvalue weighted by Crippen LogP contribution is -2.37. The number of carbonyl (C=O) groups is 1. The van der Waals surface area contributed by atoms with Crippen LogP contribution in [0.15, 0.2) is 12.1 Å². The predicted molar refractivity (Wildman–Crippen MR) is 80.6 cm³/mol. The number of aromatic nitrogens is 2. The van der Waals surface area contributed by atoms with Crippen LogP contribution in [0.1, 0.15) is 16.1 Å². The monoisotopic (exact) mass is 305 g/mol. The van der Waals surface area contributed by atoms with Crippen molar-refractivity contribution in [1.29, 1.82) is 0 Å². The maximum atomic E-state index is 11.4. The van der Waals surface area contributed by atoms with E-state index >= 15 is 0 Å². The van der Waals surface area contributed by atoms with Crippen molar-refractivity contribution in [3.63, 3.8) is 0 Å². The van der Waals surface area contributed by atoms with Gasteiger partial charge < -0.3 is 14.6 Å². The van der Waals surface area contributed by atoms with Crippen molar-refractivity contribution in [1.82, 2.24) is 15.1 Å². The van der Waals surface area contributed by atoms with Gasteiger partial charge in [-0.25, -0.2) is 4.79 Å². The van der Waals surface area contributed by atoms with Crippen LogP contribution in [0.2, 0.25) is 0 Å². The van der Waals surface area contributed by atoms with Gasteiger partial charge in [0, 0.05) is 25.0 Å². The number of benzene rings is 1. The molecular weight excluding hydrogens is 286 g/mol. The van der Waals surface area contributed by atoms with Crippen molar-refractivity contribution in [2.75, 3.05) is 40.0 Å². The molecule has 0 unspecified atom stereocenters. The molecule has 7 heteroatoms.